The molecular weight excluding hydrogens is 290 g/mol. The molecule has 102 valence electrons. The zero-order valence-electron chi connectivity index (χ0n) is 11.6. The lowest BCUT2D eigenvalue weighted by atomic mass is 9.97. The largest absolute Gasteiger partial charge is 0.496 e. The van der Waals surface area contributed by atoms with Crippen LogP contribution in [0.3, 0.4) is 0 Å². The fraction of sp³-hybridized carbons (Fsp3) is 0.600. The minimum absolute atomic E-state index is 0.664. The van der Waals surface area contributed by atoms with Crippen molar-refractivity contribution in [1.82, 2.24) is 5.32 Å². The van der Waals surface area contributed by atoms with E-state index in [4.69, 9.17) is 4.74 Å². The summed E-state index contributed by atoms with van der Waals surface area (Å²) in [5, 5.41) is 3.45. The highest BCUT2D eigenvalue weighted by molar-refractivity contribution is 9.10. The smallest absolute Gasteiger partial charge is 0.122 e. The summed E-state index contributed by atoms with van der Waals surface area (Å²) in [6.07, 6.45) is 3.47. The number of nitrogens with one attached hydrogen (secondary N) is 1. The van der Waals surface area contributed by atoms with Gasteiger partial charge in [0.1, 0.15) is 5.75 Å². The van der Waals surface area contributed by atoms with Crippen LogP contribution in [0.25, 0.3) is 0 Å². The van der Waals surface area contributed by atoms with Crippen LogP contribution in [0.5, 0.6) is 5.75 Å². The first kappa shape index (κ1) is 15.5. The Balaban J connectivity index is 2.47. The molecule has 3 heteroatoms. The molecule has 1 rings (SSSR count). The van der Waals surface area contributed by atoms with Crippen LogP contribution < -0.4 is 10.1 Å². The van der Waals surface area contributed by atoms with E-state index in [2.05, 4.69) is 41.2 Å². The Morgan fingerprint density at radius 3 is 2.78 bits per heavy atom. The predicted molar refractivity (Wildman–Crippen MR) is 81.3 cm³/mol. The monoisotopic (exact) mass is 313 g/mol. The molecule has 1 unspecified atom stereocenters. The van der Waals surface area contributed by atoms with E-state index in [0.717, 1.165) is 29.7 Å². The Bertz CT molecular complexity index is 354. The lowest BCUT2D eigenvalue weighted by molar-refractivity contribution is 0.403. The summed E-state index contributed by atoms with van der Waals surface area (Å²) in [5.74, 6) is 1.66. The van der Waals surface area contributed by atoms with Crippen LogP contribution in [0.2, 0.25) is 0 Å². The van der Waals surface area contributed by atoms with Gasteiger partial charge in [-0.25, -0.2) is 0 Å². The summed E-state index contributed by atoms with van der Waals surface area (Å²) in [5.41, 5.74) is 1.29. The molecule has 0 aliphatic heterocycles. The van der Waals surface area contributed by atoms with Gasteiger partial charge in [0.15, 0.2) is 0 Å². The molecule has 0 amide bonds. The van der Waals surface area contributed by atoms with Crippen LogP contribution in [0.15, 0.2) is 22.7 Å². The minimum atomic E-state index is 0.664. The average molecular weight is 314 g/mol. The summed E-state index contributed by atoms with van der Waals surface area (Å²) < 4.78 is 6.53. The van der Waals surface area contributed by atoms with Gasteiger partial charge >= 0.3 is 0 Å². The standard InChI is InChI=1S/C15H24BrNO/c1-4-8-17-9-7-12(2)10-13-11-14(16)5-6-15(13)18-3/h5-6,11-12,17H,4,7-10H2,1-3H3. The van der Waals surface area contributed by atoms with Crippen molar-refractivity contribution in [1.29, 1.82) is 0 Å². The Kier molecular flexibility index (Phi) is 7.36. The first-order valence-corrected chi connectivity index (χ1v) is 7.49. The first-order chi connectivity index (χ1) is 8.67. The quantitative estimate of drug-likeness (QED) is 0.732. The lowest BCUT2D eigenvalue weighted by Gasteiger charge is -2.15. The van der Waals surface area contributed by atoms with Crippen molar-refractivity contribution < 1.29 is 4.74 Å². The maximum atomic E-state index is 5.41. The van der Waals surface area contributed by atoms with Gasteiger partial charge in [0, 0.05) is 4.47 Å². The van der Waals surface area contributed by atoms with Crippen LogP contribution in [0, 0.1) is 5.92 Å². The fourth-order valence-corrected chi connectivity index (χ4v) is 2.44. The van der Waals surface area contributed by atoms with E-state index in [1.807, 2.05) is 12.1 Å². The Morgan fingerprint density at radius 1 is 1.33 bits per heavy atom. The van der Waals surface area contributed by atoms with Crippen LogP contribution >= 0.6 is 15.9 Å². The zero-order valence-corrected chi connectivity index (χ0v) is 13.2. The highest BCUT2D eigenvalue weighted by atomic mass is 79.9. The van der Waals surface area contributed by atoms with Gasteiger partial charge in [-0.2, -0.15) is 0 Å². The van der Waals surface area contributed by atoms with E-state index in [-0.39, 0.29) is 0 Å². The third-order valence-electron chi connectivity index (χ3n) is 3.05. The normalized spacial score (nSPS) is 12.4. The predicted octanol–water partition coefficient (Wildman–Crippen LogP) is 4.03. The lowest BCUT2D eigenvalue weighted by Crippen LogP contribution is -2.18. The van der Waals surface area contributed by atoms with Gasteiger partial charge in [-0.1, -0.05) is 29.8 Å². The summed E-state index contributed by atoms with van der Waals surface area (Å²) in [6, 6.07) is 6.21. The molecule has 0 saturated heterocycles. The molecule has 1 aromatic carbocycles. The Labute approximate surface area is 119 Å². The van der Waals surface area contributed by atoms with Gasteiger partial charge in [0.2, 0.25) is 0 Å². The van der Waals surface area contributed by atoms with Gasteiger partial charge in [0.05, 0.1) is 7.11 Å². The van der Waals surface area contributed by atoms with Gasteiger partial charge in [-0.3, -0.25) is 0 Å². The number of ether oxygens (including phenoxy) is 1. The maximum Gasteiger partial charge on any atom is 0.122 e. The molecule has 1 N–H and O–H groups in total. The topological polar surface area (TPSA) is 21.3 Å². The molecule has 0 aliphatic carbocycles. The third kappa shape index (κ3) is 5.40. The summed E-state index contributed by atoms with van der Waals surface area (Å²) in [7, 11) is 1.74. The molecule has 1 atom stereocenters. The van der Waals surface area contributed by atoms with Crippen molar-refractivity contribution in [2.45, 2.75) is 33.1 Å². The zero-order chi connectivity index (χ0) is 13.4. The van der Waals surface area contributed by atoms with E-state index < -0.39 is 0 Å². The summed E-state index contributed by atoms with van der Waals surface area (Å²) in [6.45, 7) is 6.72. The molecule has 18 heavy (non-hydrogen) atoms. The van der Waals surface area contributed by atoms with Crippen molar-refractivity contribution >= 4 is 15.9 Å². The molecule has 1 aromatic rings. The van der Waals surface area contributed by atoms with Crippen LogP contribution in [-0.2, 0) is 6.42 Å². The number of rotatable bonds is 8. The average Bonchev–Trinajstić information content (AvgIpc) is 2.35. The maximum absolute atomic E-state index is 5.41. The number of hydrogen-bond donors (Lipinski definition) is 1. The molecule has 0 saturated carbocycles. The second-order valence-corrected chi connectivity index (χ2v) is 5.72. The fourth-order valence-electron chi connectivity index (χ4n) is 2.03. The molecular formula is C15H24BrNO. The number of benzene rings is 1. The Morgan fingerprint density at radius 2 is 2.11 bits per heavy atom. The number of halogens is 1. The van der Waals surface area contributed by atoms with E-state index in [1.54, 1.807) is 7.11 Å². The first-order valence-electron chi connectivity index (χ1n) is 6.70. The SMILES string of the molecule is CCCNCCC(C)Cc1cc(Br)ccc1OC. The molecule has 0 aliphatic rings. The van der Waals surface area contributed by atoms with Gasteiger partial charge in [0.25, 0.3) is 0 Å². The van der Waals surface area contributed by atoms with Crippen molar-refractivity contribution in [2.24, 2.45) is 5.92 Å². The van der Waals surface area contributed by atoms with Crippen molar-refractivity contribution in [3.63, 3.8) is 0 Å². The highest BCUT2D eigenvalue weighted by Crippen LogP contribution is 2.26. The summed E-state index contributed by atoms with van der Waals surface area (Å²) >= 11 is 3.52. The van der Waals surface area contributed by atoms with Crippen LogP contribution in [0.1, 0.15) is 32.3 Å². The molecule has 0 spiro atoms. The summed E-state index contributed by atoms with van der Waals surface area (Å²) in [4.78, 5) is 0. The van der Waals surface area contributed by atoms with Crippen LogP contribution in [0.4, 0.5) is 0 Å². The molecule has 0 bridgehead atoms. The van der Waals surface area contributed by atoms with Gasteiger partial charge in [-0.05, 0) is 62.0 Å². The number of methoxy groups -OCH3 is 1. The van der Waals surface area contributed by atoms with E-state index >= 15 is 0 Å². The van der Waals surface area contributed by atoms with E-state index in [9.17, 15) is 0 Å². The minimum Gasteiger partial charge on any atom is -0.496 e. The molecule has 0 radical (unpaired) electrons. The molecule has 0 fully saturated rings. The number of hydrogen-bond acceptors (Lipinski definition) is 2. The highest BCUT2D eigenvalue weighted by Gasteiger charge is 2.09. The Hall–Kier alpha value is -0.540. The van der Waals surface area contributed by atoms with Crippen LogP contribution in [-0.4, -0.2) is 20.2 Å². The van der Waals surface area contributed by atoms with Crippen molar-refractivity contribution in [2.75, 3.05) is 20.2 Å². The molecule has 2 nitrogen and oxygen atoms in total. The molecule has 0 heterocycles. The van der Waals surface area contributed by atoms with Gasteiger partial charge < -0.3 is 10.1 Å². The van der Waals surface area contributed by atoms with Crippen molar-refractivity contribution in [3.05, 3.63) is 28.2 Å². The van der Waals surface area contributed by atoms with Crippen molar-refractivity contribution in [3.8, 4) is 5.75 Å². The molecule has 0 aromatic heterocycles. The second kappa shape index (κ2) is 8.54. The van der Waals surface area contributed by atoms with Gasteiger partial charge in [-0.15, -0.1) is 0 Å². The van der Waals surface area contributed by atoms with E-state index in [1.165, 1.54) is 18.4 Å². The van der Waals surface area contributed by atoms with E-state index in [0.29, 0.717) is 5.92 Å². The second-order valence-electron chi connectivity index (χ2n) is 4.80. The third-order valence-corrected chi connectivity index (χ3v) is 3.54.